The number of para-hydroxylation sites is 1. The molecule has 8 nitrogen and oxygen atoms in total. The Morgan fingerprint density at radius 3 is 2.55 bits per heavy atom. The van der Waals surface area contributed by atoms with Gasteiger partial charge in [-0.2, -0.15) is 0 Å². The summed E-state index contributed by atoms with van der Waals surface area (Å²) in [6.07, 6.45) is -0.266. The minimum absolute atomic E-state index is 0.115. The molecule has 2 fully saturated rings. The van der Waals surface area contributed by atoms with Crippen molar-refractivity contribution in [2.75, 3.05) is 4.90 Å². The van der Waals surface area contributed by atoms with Crippen LogP contribution in [0, 0.1) is 5.92 Å². The van der Waals surface area contributed by atoms with E-state index in [1.807, 2.05) is 13.8 Å². The van der Waals surface area contributed by atoms with Gasteiger partial charge >= 0.3 is 5.97 Å². The van der Waals surface area contributed by atoms with E-state index in [9.17, 15) is 19.2 Å². The summed E-state index contributed by atoms with van der Waals surface area (Å²) in [5.41, 5.74) is -0.0203. The lowest BCUT2D eigenvalue weighted by Gasteiger charge is -2.41. The number of piperazine rings is 1. The first kappa shape index (κ1) is 19.4. The summed E-state index contributed by atoms with van der Waals surface area (Å²) in [5, 5.41) is 2.82. The van der Waals surface area contributed by atoms with Crippen molar-refractivity contribution in [1.29, 1.82) is 0 Å². The Balaban J connectivity index is 1.88. The van der Waals surface area contributed by atoms with Crippen LogP contribution in [0.15, 0.2) is 24.3 Å². The van der Waals surface area contributed by atoms with Gasteiger partial charge in [0, 0.05) is 25.8 Å². The molecule has 0 spiro atoms. The zero-order chi connectivity index (χ0) is 21.1. The molecule has 2 saturated heterocycles. The zero-order valence-electron chi connectivity index (χ0n) is 17.0. The second kappa shape index (κ2) is 6.57. The molecule has 8 heteroatoms. The molecular weight excluding hydrogens is 374 g/mol. The number of rotatable bonds is 3. The SMILES string of the molecule is CC(=O)O[C@]12C[C@@H]3C(=O)N[C@H](CC(C)C)C(=O)N3[C@H]1N(C(C)=O)c1ccccc12. The van der Waals surface area contributed by atoms with Crippen molar-refractivity contribution in [2.45, 2.75) is 64.4 Å². The average molecular weight is 399 g/mol. The van der Waals surface area contributed by atoms with Gasteiger partial charge in [-0.25, -0.2) is 0 Å². The van der Waals surface area contributed by atoms with Gasteiger partial charge < -0.3 is 15.0 Å². The van der Waals surface area contributed by atoms with Crippen molar-refractivity contribution in [3.8, 4) is 0 Å². The molecule has 1 aromatic rings. The van der Waals surface area contributed by atoms with Gasteiger partial charge in [0.2, 0.25) is 17.7 Å². The Morgan fingerprint density at radius 1 is 1.24 bits per heavy atom. The lowest BCUT2D eigenvalue weighted by Crippen LogP contribution is -2.66. The molecule has 4 atom stereocenters. The number of esters is 1. The van der Waals surface area contributed by atoms with Crippen LogP contribution in [0.5, 0.6) is 0 Å². The number of nitrogens with one attached hydrogen (secondary N) is 1. The van der Waals surface area contributed by atoms with Crippen LogP contribution in [0.2, 0.25) is 0 Å². The fraction of sp³-hybridized carbons (Fsp3) is 0.524. The molecule has 3 aliphatic rings. The summed E-state index contributed by atoms with van der Waals surface area (Å²) in [6.45, 7) is 6.66. The third kappa shape index (κ3) is 2.73. The third-order valence-electron chi connectivity index (χ3n) is 5.92. The Morgan fingerprint density at radius 2 is 1.93 bits per heavy atom. The van der Waals surface area contributed by atoms with E-state index in [0.717, 1.165) is 0 Å². The number of nitrogens with zero attached hydrogens (tertiary/aromatic N) is 2. The first-order chi connectivity index (χ1) is 13.7. The standard InChI is InChI=1S/C21H25N3O5/c1-11(2)9-15-19(28)24-17(18(27)22-15)10-21(29-13(4)26)14-7-5-6-8-16(14)23(12(3)25)20(21)24/h5-8,11,15,17,20H,9-10H2,1-4H3,(H,22,27)/t15-,17-,20-,21+/m1/s1. The minimum Gasteiger partial charge on any atom is -0.450 e. The van der Waals surface area contributed by atoms with E-state index in [0.29, 0.717) is 17.7 Å². The van der Waals surface area contributed by atoms with Crippen LogP contribution in [0.4, 0.5) is 5.69 Å². The summed E-state index contributed by atoms with van der Waals surface area (Å²) in [7, 11) is 0. The van der Waals surface area contributed by atoms with Gasteiger partial charge in [0.05, 0.1) is 5.69 Å². The fourth-order valence-electron chi connectivity index (χ4n) is 5.02. The van der Waals surface area contributed by atoms with E-state index in [4.69, 9.17) is 4.74 Å². The lowest BCUT2D eigenvalue weighted by atomic mass is 9.90. The number of anilines is 1. The van der Waals surface area contributed by atoms with Crippen LogP contribution in [-0.4, -0.2) is 46.8 Å². The van der Waals surface area contributed by atoms with Crippen molar-refractivity contribution in [3.63, 3.8) is 0 Å². The lowest BCUT2D eigenvalue weighted by molar-refractivity contribution is -0.163. The summed E-state index contributed by atoms with van der Waals surface area (Å²) < 4.78 is 5.83. The van der Waals surface area contributed by atoms with Gasteiger partial charge in [0.15, 0.2) is 11.8 Å². The number of ether oxygens (including phenoxy) is 1. The van der Waals surface area contributed by atoms with Gasteiger partial charge in [-0.05, 0) is 18.4 Å². The van der Waals surface area contributed by atoms with E-state index < -0.39 is 29.8 Å². The van der Waals surface area contributed by atoms with E-state index in [1.54, 1.807) is 24.3 Å². The maximum Gasteiger partial charge on any atom is 0.303 e. The molecule has 0 aliphatic carbocycles. The first-order valence-corrected chi connectivity index (χ1v) is 9.89. The largest absolute Gasteiger partial charge is 0.450 e. The van der Waals surface area contributed by atoms with E-state index >= 15 is 0 Å². The molecule has 3 amide bonds. The highest BCUT2D eigenvalue weighted by molar-refractivity contribution is 6.02. The number of carbonyl (C=O) groups excluding carboxylic acids is 4. The average Bonchev–Trinajstić information content (AvgIpc) is 3.08. The zero-order valence-corrected chi connectivity index (χ0v) is 17.0. The number of hydrogen-bond acceptors (Lipinski definition) is 5. The summed E-state index contributed by atoms with van der Waals surface area (Å²) in [4.78, 5) is 54.0. The number of fused-ring (bicyclic) bond motifs is 5. The predicted octanol–water partition coefficient (Wildman–Crippen LogP) is 1.28. The molecular formula is C21H25N3O5. The van der Waals surface area contributed by atoms with E-state index in [2.05, 4.69) is 5.32 Å². The molecule has 0 aromatic heterocycles. The number of hydrogen-bond donors (Lipinski definition) is 1. The van der Waals surface area contributed by atoms with Crippen molar-refractivity contribution < 1.29 is 23.9 Å². The molecule has 1 N–H and O–H groups in total. The van der Waals surface area contributed by atoms with Gasteiger partial charge in [0.1, 0.15) is 12.1 Å². The van der Waals surface area contributed by atoms with Crippen molar-refractivity contribution in [3.05, 3.63) is 29.8 Å². The van der Waals surface area contributed by atoms with Crippen LogP contribution >= 0.6 is 0 Å². The molecule has 0 radical (unpaired) electrons. The second-order valence-electron chi connectivity index (χ2n) is 8.42. The van der Waals surface area contributed by atoms with Gasteiger partial charge in [-0.15, -0.1) is 0 Å². The first-order valence-electron chi connectivity index (χ1n) is 9.89. The molecule has 3 aliphatic heterocycles. The molecule has 3 heterocycles. The monoisotopic (exact) mass is 399 g/mol. The minimum atomic E-state index is -1.27. The quantitative estimate of drug-likeness (QED) is 0.773. The molecule has 29 heavy (non-hydrogen) atoms. The fourth-order valence-corrected chi connectivity index (χ4v) is 5.02. The Bertz CT molecular complexity index is 913. The molecule has 0 bridgehead atoms. The molecule has 154 valence electrons. The van der Waals surface area contributed by atoms with Gasteiger partial charge in [-0.1, -0.05) is 32.0 Å². The second-order valence-corrected chi connectivity index (χ2v) is 8.42. The number of benzene rings is 1. The highest BCUT2D eigenvalue weighted by Gasteiger charge is 2.68. The van der Waals surface area contributed by atoms with Crippen LogP contribution in [0.25, 0.3) is 0 Å². The molecule has 0 unspecified atom stereocenters. The van der Waals surface area contributed by atoms with Gasteiger partial charge in [-0.3, -0.25) is 24.1 Å². The van der Waals surface area contributed by atoms with Crippen molar-refractivity contribution >= 4 is 29.4 Å². The normalized spacial score (nSPS) is 30.0. The molecule has 1 aromatic carbocycles. The summed E-state index contributed by atoms with van der Waals surface area (Å²) in [6, 6.07) is 5.69. The van der Waals surface area contributed by atoms with E-state index in [1.165, 1.54) is 23.6 Å². The molecule has 0 saturated carbocycles. The van der Waals surface area contributed by atoms with Crippen LogP contribution in [0.3, 0.4) is 0 Å². The smallest absolute Gasteiger partial charge is 0.303 e. The van der Waals surface area contributed by atoms with Crippen molar-refractivity contribution in [2.24, 2.45) is 5.92 Å². The maximum atomic E-state index is 13.4. The number of carbonyl (C=O) groups is 4. The van der Waals surface area contributed by atoms with Gasteiger partial charge in [0.25, 0.3) is 0 Å². The maximum absolute atomic E-state index is 13.4. The highest BCUT2D eigenvalue weighted by atomic mass is 16.6. The van der Waals surface area contributed by atoms with Crippen molar-refractivity contribution in [1.82, 2.24) is 10.2 Å². The Hall–Kier alpha value is -2.90. The third-order valence-corrected chi connectivity index (χ3v) is 5.92. The predicted molar refractivity (Wildman–Crippen MR) is 103 cm³/mol. The molecule has 4 rings (SSSR count). The number of amides is 3. The van der Waals surface area contributed by atoms with Crippen LogP contribution in [-0.2, 0) is 29.5 Å². The summed E-state index contributed by atoms with van der Waals surface area (Å²) in [5.74, 6) is -1.14. The van der Waals surface area contributed by atoms with E-state index in [-0.39, 0.29) is 30.1 Å². The Kier molecular flexibility index (Phi) is 4.40. The summed E-state index contributed by atoms with van der Waals surface area (Å²) >= 11 is 0. The van der Waals surface area contributed by atoms with Crippen LogP contribution in [0.1, 0.15) is 46.1 Å². The highest BCUT2D eigenvalue weighted by Crippen LogP contribution is 2.55. The topological polar surface area (TPSA) is 96.0 Å². The Labute approximate surface area is 169 Å². The van der Waals surface area contributed by atoms with Crippen LogP contribution < -0.4 is 10.2 Å².